The molecule has 10 nitrogen and oxygen atoms in total. The van der Waals surface area contributed by atoms with Gasteiger partial charge in [-0.15, -0.1) is 0 Å². The van der Waals surface area contributed by atoms with Crippen LogP contribution in [0.1, 0.15) is 6.92 Å². The fraction of sp³-hybridized carbons (Fsp3) is 0.875. The number of hydrogen-bond acceptors (Lipinski definition) is 7. The van der Waals surface area contributed by atoms with Gasteiger partial charge in [-0.25, -0.2) is 4.57 Å². The molecule has 0 unspecified atom stereocenters. The lowest BCUT2D eigenvalue weighted by molar-refractivity contribution is -0.274. The third kappa shape index (κ3) is 4.79. The number of carbonyl (C=O) groups excluding carboxylic acids is 1. The number of ether oxygens (including phenoxy) is 1. The molecule has 0 aliphatic carbocycles. The van der Waals surface area contributed by atoms with Crippen molar-refractivity contribution >= 4 is 13.7 Å². The van der Waals surface area contributed by atoms with Crippen molar-refractivity contribution in [3.63, 3.8) is 0 Å². The molecule has 5 atom stereocenters. The van der Waals surface area contributed by atoms with Crippen molar-refractivity contribution in [2.75, 3.05) is 6.54 Å². The molecule has 0 aromatic rings. The highest BCUT2D eigenvalue weighted by atomic mass is 31.2. The summed E-state index contributed by atoms with van der Waals surface area (Å²) in [6.07, 6.45) is -8.12. The molecule has 6 N–H and O–H groups in total. The summed E-state index contributed by atoms with van der Waals surface area (Å²) in [6.45, 7) is 0.991. The number of phosphoric acid groups is 1. The average molecular weight is 301 g/mol. The van der Waals surface area contributed by atoms with Gasteiger partial charge in [0.15, 0.2) is 6.29 Å². The fourth-order valence-electron chi connectivity index (χ4n) is 1.55. The molecule has 1 heterocycles. The van der Waals surface area contributed by atoms with E-state index in [4.69, 9.17) is 14.5 Å². The molecule has 1 aliphatic heterocycles. The number of amides is 1. The van der Waals surface area contributed by atoms with Crippen LogP contribution in [0.5, 0.6) is 0 Å². The van der Waals surface area contributed by atoms with Gasteiger partial charge in [0, 0.05) is 13.5 Å². The normalized spacial score (nSPS) is 36.0. The quantitative estimate of drug-likeness (QED) is 0.297. The maximum absolute atomic E-state index is 10.7. The molecule has 1 aliphatic rings. The number of aliphatic hydroxyl groups excluding tert-OH is 3. The Morgan fingerprint density at radius 1 is 1.26 bits per heavy atom. The van der Waals surface area contributed by atoms with Crippen LogP contribution in [0, 0.1) is 0 Å². The second-order valence-corrected chi connectivity index (χ2v) is 5.24. The molecule has 1 saturated heterocycles. The Morgan fingerprint density at radius 2 is 1.84 bits per heavy atom. The lowest BCUT2D eigenvalue weighted by atomic mass is 9.99. The van der Waals surface area contributed by atoms with Gasteiger partial charge in [0.25, 0.3) is 0 Å². The summed E-state index contributed by atoms with van der Waals surface area (Å²) >= 11 is 0. The molecule has 11 heteroatoms. The molecule has 19 heavy (non-hydrogen) atoms. The van der Waals surface area contributed by atoms with E-state index < -0.39 is 44.4 Å². The van der Waals surface area contributed by atoms with Gasteiger partial charge >= 0.3 is 7.82 Å². The zero-order chi connectivity index (χ0) is 14.8. The third-order valence-electron chi connectivity index (χ3n) is 2.46. The van der Waals surface area contributed by atoms with E-state index >= 15 is 0 Å². The summed E-state index contributed by atoms with van der Waals surface area (Å²) in [4.78, 5) is 28.0. The topological polar surface area (TPSA) is 166 Å². The van der Waals surface area contributed by atoms with Crippen LogP contribution in [0.25, 0.3) is 0 Å². The first kappa shape index (κ1) is 16.5. The zero-order valence-electron chi connectivity index (χ0n) is 9.91. The second-order valence-electron chi connectivity index (χ2n) is 4.05. The zero-order valence-corrected chi connectivity index (χ0v) is 10.8. The Labute approximate surface area is 108 Å². The highest BCUT2D eigenvalue weighted by Gasteiger charge is 2.46. The molecule has 1 rings (SSSR count). The summed E-state index contributed by atoms with van der Waals surface area (Å²) in [6, 6.07) is 0. The standard InChI is InChI=1S/C8H16NO9P/c1-3(10)9-2-4-5(11)6(12)7(13)8(17-4)18-19(14,15)16/h4-8,11-13H,2H2,1H3,(H,9,10)(H2,14,15,16)/t4-,5-,6+,7-,8+/m1/s1. The summed E-state index contributed by atoms with van der Waals surface area (Å²) in [5.74, 6) is -0.427. The van der Waals surface area contributed by atoms with Crippen LogP contribution in [0.15, 0.2) is 0 Å². The van der Waals surface area contributed by atoms with E-state index in [1.165, 1.54) is 6.92 Å². The minimum Gasteiger partial charge on any atom is -0.388 e. The number of nitrogens with one attached hydrogen (secondary N) is 1. The molecule has 0 spiro atoms. The molecule has 0 aromatic carbocycles. The van der Waals surface area contributed by atoms with Crippen molar-refractivity contribution in [3.05, 3.63) is 0 Å². The Hall–Kier alpha value is -0.580. The number of rotatable bonds is 4. The van der Waals surface area contributed by atoms with Gasteiger partial charge in [0.1, 0.15) is 24.4 Å². The lowest BCUT2D eigenvalue weighted by Crippen LogP contribution is -2.60. The highest BCUT2D eigenvalue weighted by Crippen LogP contribution is 2.40. The fourth-order valence-corrected chi connectivity index (χ4v) is 2.00. The second kappa shape index (κ2) is 6.25. The first-order valence-corrected chi connectivity index (χ1v) is 6.83. The van der Waals surface area contributed by atoms with Crippen LogP contribution in [0.3, 0.4) is 0 Å². The Morgan fingerprint density at radius 3 is 2.32 bits per heavy atom. The molecular weight excluding hydrogens is 285 g/mol. The monoisotopic (exact) mass is 301 g/mol. The van der Waals surface area contributed by atoms with E-state index in [9.17, 15) is 24.7 Å². The maximum atomic E-state index is 10.7. The van der Waals surface area contributed by atoms with E-state index in [2.05, 4.69) is 9.84 Å². The van der Waals surface area contributed by atoms with Crippen molar-refractivity contribution in [2.24, 2.45) is 0 Å². The number of hydrogen-bond donors (Lipinski definition) is 6. The smallest absolute Gasteiger partial charge is 0.388 e. The molecule has 0 radical (unpaired) electrons. The van der Waals surface area contributed by atoms with Gasteiger partial charge < -0.3 is 35.2 Å². The van der Waals surface area contributed by atoms with Gasteiger partial charge in [-0.2, -0.15) is 0 Å². The van der Waals surface area contributed by atoms with Gasteiger partial charge in [-0.05, 0) is 0 Å². The van der Waals surface area contributed by atoms with E-state index in [-0.39, 0.29) is 6.54 Å². The van der Waals surface area contributed by atoms with Gasteiger partial charge in [0.05, 0.1) is 0 Å². The predicted octanol–water partition coefficient (Wildman–Crippen LogP) is -2.96. The third-order valence-corrected chi connectivity index (χ3v) is 2.94. The average Bonchev–Trinajstić information content (AvgIpc) is 2.26. The molecule has 112 valence electrons. The van der Waals surface area contributed by atoms with Crippen LogP contribution in [0.4, 0.5) is 0 Å². The Bertz CT molecular complexity index is 371. The molecule has 1 amide bonds. The van der Waals surface area contributed by atoms with E-state index in [0.29, 0.717) is 0 Å². The summed E-state index contributed by atoms with van der Waals surface area (Å²) in [7, 11) is -4.95. The lowest BCUT2D eigenvalue weighted by Gasteiger charge is -2.40. The minimum absolute atomic E-state index is 0.221. The largest absolute Gasteiger partial charge is 0.472 e. The van der Waals surface area contributed by atoms with Gasteiger partial charge in [0.2, 0.25) is 5.91 Å². The van der Waals surface area contributed by atoms with Crippen LogP contribution in [-0.4, -0.2) is 68.3 Å². The van der Waals surface area contributed by atoms with E-state index in [0.717, 1.165) is 0 Å². The van der Waals surface area contributed by atoms with Gasteiger partial charge in [-0.1, -0.05) is 0 Å². The SMILES string of the molecule is CC(=O)NC[C@H]1O[C@@H](OP(=O)(O)O)[C@H](O)[C@@H](O)[C@@H]1O. The Balaban J connectivity index is 2.73. The highest BCUT2D eigenvalue weighted by molar-refractivity contribution is 7.46. The Kier molecular flexibility index (Phi) is 5.42. The molecule has 0 bridgehead atoms. The first-order valence-electron chi connectivity index (χ1n) is 5.30. The summed E-state index contributed by atoms with van der Waals surface area (Å²) < 4.78 is 19.7. The first-order chi connectivity index (χ1) is 8.61. The van der Waals surface area contributed by atoms with Gasteiger partial charge in [-0.3, -0.25) is 9.32 Å². The number of aliphatic hydroxyl groups is 3. The minimum atomic E-state index is -4.95. The summed E-state index contributed by atoms with van der Waals surface area (Å²) in [5, 5.41) is 30.9. The van der Waals surface area contributed by atoms with Crippen molar-refractivity contribution in [2.45, 2.75) is 37.6 Å². The number of carbonyl (C=O) groups is 1. The van der Waals surface area contributed by atoms with Crippen LogP contribution in [0.2, 0.25) is 0 Å². The van der Waals surface area contributed by atoms with Crippen LogP contribution >= 0.6 is 7.82 Å². The molecule has 0 saturated carbocycles. The molecule has 1 fully saturated rings. The maximum Gasteiger partial charge on any atom is 0.472 e. The van der Waals surface area contributed by atoms with E-state index in [1.54, 1.807) is 0 Å². The number of phosphoric ester groups is 1. The summed E-state index contributed by atoms with van der Waals surface area (Å²) in [5.41, 5.74) is 0. The van der Waals surface area contributed by atoms with Crippen molar-refractivity contribution in [3.8, 4) is 0 Å². The molecule has 0 aromatic heterocycles. The van der Waals surface area contributed by atoms with Crippen molar-refractivity contribution in [1.82, 2.24) is 5.32 Å². The van der Waals surface area contributed by atoms with Crippen molar-refractivity contribution < 1.29 is 43.7 Å². The van der Waals surface area contributed by atoms with Crippen molar-refractivity contribution in [1.29, 1.82) is 0 Å². The van der Waals surface area contributed by atoms with E-state index in [1.807, 2.05) is 0 Å². The molecular formula is C8H16NO9P. The predicted molar refractivity (Wildman–Crippen MR) is 58.5 cm³/mol. The van der Waals surface area contributed by atoms with Crippen LogP contribution < -0.4 is 5.32 Å². The van der Waals surface area contributed by atoms with Crippen LogP contribution in [-0.2, 0) is 18.6 Å².